The molecular weight excluding hydrogens is 256 g/mol. The van der Waals surface area contributed by atoms with Crippen molar-refractivity contribution in [2.24, 2.45) is 0 Å². The van der Waals surface area contributed by atoms with Crippen molar-refractivity contribution in [3.8, 4) is 5.75 Å². The minimum absolute atomic E-state index is 0.0223. The summed E-state index contributed by atoms with van der Waals surface area (Å²) in [6.45, 7) is 7.67. The Hall–Kier alpha value is -1.59. The van der Waals surface area contributed by atoms with E-state index in [1.165, 1.54) is 4.90 Å². The Balaban J connectivity index is 1.99. The second-order valence-electron chi connectivity index (χ2n) is 4.91. The van der Waals surface area contributed by atoms with E-state index in [0.717, 1.165) is 32.0 Å². The molecule has 1 saturated heterocycles. The molecule has 2 N–H and O–H groups in total. The number of benzene rings is 1. The van der Waals surface area contributed by atoms with Crippen LogP contribution in [0.4, 0.5) is 5.69 Å². The maximum absolute atomic E-state index is 12.3. The summed E-state index contributed by atoms with van der Waals surface area (Å²) in [4.78, 5) is 13.6. The van der Waals surface area contributed by atoms with Crippen LogP contribution in [0.3, 0.4) is 0 Å². The minimum Gasteiger partial charge on any atom is -0.492 e. The van der Waals surface area contributed by atoms with Crippen molar-refractivity contribution in [3.63, 3.8) is 0 Å². The van der Waals surface area contributed by atoms with E-state index in [1.807, 2.05) is 38.1 Å². The number of nitrogens with one attached hydrogen (secondary N) is 2. The first-order chi connectivity index (χ1) is 9.72. The topological polar surface area (TPSA) is 52.0 Å². The van der Waals surface area contributed by atoms with Gasteiger partial charge < -0.3 is 19.7 Å². The first-order valence-corrected chi connectivity index (χ1v) is 7.17. The van der Waals surface area contributed by atoms with Crippen LogP contribution in [-0.4, -0.2) is 44.9 Å². The average Bonchev–Trinajstić information content (AvgIpc) is 2.49. The zero-order valence-electron chi connectivity index (χ0n) is 12.1. The first kappa shape index (κ1) is 14.8. The number of hydrogen-bond acceptors (Lipinski definition) is 3. The average molecular weight is 279 g/mol. The van der Waals surface area contributed by atoms with Crippen molar-refractivity contribution in [3.05, 3.63) is 24.3 Å². The van der Waals surface area contributed by atoms with Gasteiger partial charge in [-0.3, -0.25) is 4.79 Å². The molecule has 0 spiro atoms. The summed E-state index contributed by atoms with van der Waals surface area (Å²) in [7, 11) is 0. The molecule has 5 nitrogen and oxygen atoms in total. The minimum atomic E-state index is -0.0893. The fourth-order valence-electron chi connectivity index (χ4n) is 2.34. The highest BCUT2D eigenvalue weighted by atomic mass is 16.5. The van der Waals surface area contributed by atoms with Crippen LogP contribution in [0.1, 0.15) is 13.8 Å². The number of morpholine rings is 1. The quantitative estimate of drug-likeness (QED) is 0.816. The normalized spacial score (nSPS) is 17.5. The van der Waals surface area contributed by atoms with Gasteiger partial charge in [0.05, 0.1) is 25.5 Å². The molecule has 0 bridgehead atoms. The van der Waals surface area contributed by atoms with Crippen LogP contribution >= 0.6 is 0 Å². The summed E-state index contributed by atoms with van der Waals surface area (Å²) in [6, 6.07) is 7.44. The molecular formula is C15H23N2O3+. The maximum Gasteiger partial charge on any atom is 0.282 e. The highest BCUT2D eigenvalue weighted by Crippen LogP contribution is 2.23. The van der Waals surface area contributed by atoms with Crippen molar-refractivity contribution < 1.29 is 19.2 Å². The number of quaternary nitrogens is 1. The number of carbonyl (C=O) groups is 1. The number of rotatable bonds is 5. The smallest absolute Gasteiger partial charge is 0.282 e. The lowest BCUT2D eigenvalue weighted by Crippen LogP contribution is -3.18. The van der Waals surface area contributed by atoms with Crippen molar-refractivity contribution in [2.45, 2.75) is 19.9 Å². The van der Waals surface area contributed by atoms with Crippen molar-refractivity contribution in [1.82, 2.24) is 0 Å². The van der Waals surface area contributed by atoms with Gasteiger partial charge >= 0.3 is 0 Å². The molecule has 1 atom stereocenters. The van der Waals surface area contributed by atoms with Gasteiger partial charge in [-0.25, -0.2) is 0 Å². The Labute approximate surface area is 119 Å². The number of ether oxygens (including phenoxy) is 2. The molecule has 1 aromatic carbocycles. The Morgan fingerprint density at radius 2 is 2.10 bits per heavy atom. The molecule has 0 saturated carbocycles. The Bertz CT molecular complexity index is 444. The maximum atomic E-state index is 12.3. The molecule has 0 aliphatic carbocycles. The van der Waals surface area contributed by atoms with Gasteiger partial charge in [0, 0.05) is 0 Å². The second kappa shape index (κ2) is 7.26. The van der Waals surface area contributed by atoms with Crippen LogP contribution in [0.25, 0.3) is 0 Å². The van der Waals surface area contributed by atoms with Crippen molar-refractivity contribution in [2.75, 3.05) is 38.2 Å². The van der Waals surface area contributed by atoms with E-state index in [9.17, 15) is 4.79 Å². The van der Waals surface area contributed by atoms with E-state index in [2.05, 4.69) is 5.32 Å². The number of hydrogen-bond donors (Lipinski definition) is 2. The summed E-state index contributed by atoms with van der Waals surface area (Å²) >= 11 is 0. The molecule has 0 radical (unpaired) electrons. The van der Waals surface area contributed by atoms with E-state index >= 15 is 0 Å². The summed E-state index contributed by atoms with van der Waals surface area (Å²) in [5.41, 5.74) is 0.735. The van der Waals surface area contributed by atoms with Crippen LogP contribution in [0, 0.1) is 0 Å². The number of amides is 1. The Morgan fingerprint density at radius 1 is 1.40 bits per heavy atom. The van der Waals surface area contributed by atoms with E-state index in [-0.39, 0.29) is 11.9 Å². The lowest BCUT2D eigenvalue weighted by Gasteiger charge is -2.28. The summed E-state index contributed by atoms with van der Waals surface area (Å²) in [5.74, 6) is 0.738. The Morgan fingerprint density at radius 3 is 2.80 bits per heavy atom. The summed E-state index contributed by atoms with van der Waals surface area (Å²) in [5, 5.41) is 2.97. The molecule has 0 unspecified atom stereocenters. The van der Waals surface area contributed by atoms with Crippen molar-refractivity contribution in [1.29, 1.82) is 0 Å². The second-order valence-corrected chi connectivity index (χ2v) is 4.91. The monoisotopic (exact) mass is 279 g/mol. The third kappa shape index (κ3) is 3.71. The SMILES string of the molecule is CCOc1ccccc1NC(=O)[C@H](C)[NH+]1CCOCC1. The lowest BCUT2D eigenvalue weighted by molar-refractivity contribution is -0.921. The molecule has 0 aromatic heterocycles. The third-order valence-electron chi connectivity index (χ3n) is 3.59. The van der Waals surface area contributed by atoms with Gasteiger partial charge in [0.15, 0.2) is 6.04 Å². The van der Waals surface area contributed by atoms with E-state index in [4.69, 9.17) is 9.47 Å². The fourth-order valence-corrected chi connectivity index (χ4v) is 2.34. The molecule has 5 heteroatoms. The van der Waals surface area contributed by atoms with E-state index < -0.39 is 0 Å². The summed E-state index contributed by atoms with van der Waals surface area (Å²) in [6.07, 6.45) is 0. The first-order valence-electron chi connectivity index (χ1n) is 7.17. The van der Waals surface area contributed by atoms with Gasteiger partial charge in [-0.05, 0) is 26.0 Å². The Kier molecular flexibility index (Phi) is 5.38. The standard InChI is InChI=1S/C15H22N2O3/c1-3-20-14-7-5-4-6-13(14)16-15(18)12(2)17-8-10-19-11-9-17/h4-7,12H,3,8-11H2,1-2H3,(H,16,18)/p+1/t12-/m0/s1. The third-order valence-corrected chi connectivity index (χ3v) is 3.59. The van der Waals surface area contributed by atoms with Crippen LogP contribution in [-0.2, 0) is 9.53 Å². The predicted molar refractivity (Wildman–Crippen MR) is 77.2 cm³/mol. The van der Waals surface area contributed by atoms with E-state index in [1.54, 1.807) is 0 Å². The molecule has 2 rings (SSSR count). The zero-order valence-corrected chi connectivity index (χ0v) is 12.1. The van der Waals surface area contributed by atoms with Crippen LogP contribution in [0.2, 0.25) is 0 Å². The molecule has 1 amide bonds. The molecule has 1 aliphatic rings. The predicted octanol–water partition coefficient (Wildman–Crippen LogP) is 0.327. The van der Waals surface area contributed by atoms with Gasteiger partial charge in [-0.1, -0.05) is 12.1 Å². The van der Waals surface area contributed by atoms with Crippen molar-refractivity contribution >= 4 is 11.6 Å². The van der Waals surface area contributed by atoms with Gasteiger partial charge in [0.1, 0.15) is 18.8 Å². The highest BCUT2D eigenvalue weighted by Gasteiger charge is 2.27. The molecule has 20 heavy (non-hydrogen) atoms. The molecule has 1 fully saturated rings. The molecule has 1 aromatic rings. The van der Waals surface area contributed by atoms with Gasteiger partial charge in [0.2, 0.25) is 0 Å². The van der Waals surface area contributed by atoms with E-state index in [0.29, 0.717) is 12.4 Å². The largest absolute Gasteiger partial charge is 0.492 e. The number of carbonyl (C=O) groups excluding carboxylic acids is 1. The molecule has 110 valence electrons. The molecule has 1 heterocycles. The van der Waals surface area contributed by atoms with Crippen LogP contribution in [0.15, 0.2) is 24.3 Å². The van der Waals surface area contributed by atoms with Crippen LogP contribution < -0.4 is 15.0 Å². The lowest BCUT2D eigenvalue weighted by atomic mass is 10.2. The van der Waals surface area contributed by atoms with Gasteiger partial charge in [-0.15, -0.1) is 0 Å². The zero-order chi connectivity index (χ0) is 14.4. The van der Waals surface area contributed by atoms with Gasteiger partial charge in [-0.2, -0.15) is 0 Å². The summed E-state index contributed by atoms with van der Waals surface area (Å²) < 4.78 is 10.8. The number of para-hydroxylation sites is 2. The highest BCUT2D eigenvalue weighted by molar-refractivity contribution is 5.94. The number of anilines is 1. The molecule has 1 aliphatic heterocycles. The van der Waals surface area contributed by atoms with Crippen LogP contribution in [0.5, 0.6) is 5.75 Å². The fraction of sp³-hybridized carbons (Fsp3) is 0.533. The van der Waals surface area contributed by atoms with Gasteiger partial charge in [0.25, 0.3) is 5.91 Å².